The van der Waals surface area contributed by atoms with E-state index in [1.54, 1.807) is 24.3 Å². The number of urea groups is 1. The summed E-state index contributed by atoms with van der Waals surface area (Å²) < 4.78 is 5.02. The van der Waals surface area contributed by atoms with E-state index < -0.39 is 30.6 Å². The molecule has 0 aliphatic carbocycles. The second-order valence-corrected chi connectivity index (χ2v) is 6.84. The van der Waals surface area contributed by atoms with Crippen molar-refractivity contribution in [1.82, 2.24) is 5.32 Å². The highest BCUT2D eigenvalue weighted by Gasteiger charge is 2.19. The van der Waals surface area contributed by atoms with Gasteiger partial charge in [-0.05, 0) is 54.8 Å². The second-order valence-electron chi connectivity index (χ2n) is 6.40. The number of aryl methyl sites for hydroxylation is 2. The lowest BCUT2D eigenvalue weighted by atomic mass is 10.0. The average Bonchev–Trinajstić information content (AvgIpc) is 2.59. The minimum absolute atomic E-state index is 0.179. The molecule has 0 heterocycles. The van der Waals surface area contributed by atoms with Crippen LogP contribution in [-0.4, -0.2) is 24.5 Å². The van der Waals surface area contributed by atoms with Crippen molar-refractivity contribution >= 4 is 35.2 Å². The summed E-state index contributed by atoms with van der Waals surface area (Å²) >= 11 is 5.85. The number of halogens is 1. The molecule has 0 spiro atoms. The van der Waals surface area contributed by atoms with Crippen LogP contribution in [0.5, 0.6) is 0 Å². The van der Waals surface area contributed by atoms with Crippen LogP contribution in [0.1, 0.15) is 29.2 Å². The van der Waals surface area contributed by atoms with Crippen molar-refractivity contribution in [3.05, 3.63) is 64.2 Å². The molecule has 7 nitrogen and oxygen atoms in total. The highest BCUT2D eigenvalue weighted by atomic mass is 35.5. The minimum Gasteiger partial charge on any atom is -0.455 e. The summed E-state index contributed by atoms with van der Waals surface area (Å²) in [5.74, 6) is -1.10. The number of hydrogen-bond donors (Lipinski definition) is 3. The lowest BCUT2D eigenvalue weighted by molar-refractivity contribution is -0.147. The topological polar surface area (TPSA) is 111 Å². The first-order chi connectivity index (χ1) is 13.2. The Balaban J connectivity index is 1.91. The summed E-state index contributed by atoms with van der Waals surface area (Å²) in [5.41, 5.74) is 8.47. The predicted molar refractivity (Wildman–Crippen MR) is 107 cm³/mol. The standard InChI is InChI=1S/C20H22ClN3O4/c1-12-7-13(2)9-16(8-12)23-18(25)11-28-19(26)10-17(24-20(22)27)14-3-5-15(21)6-4-14/h3-9,17H,10-11H2,1-2H3,(H,23,25)(H3,22,24,27)/t17-/m0/s1. The number of primary amides is 1. The van der Waals surface area contributed by atoms with E-state index in [1.165, 1.54) is 0 Å². The summed E-state index contributed by atoms with van der Waals surface area (Å²) in [5, 5.41) is 5.68. The number of benzene rings is 2. The van der Waals surface area contributed by atoms with Gasteiger partial charge in [0.25, 0.3) is 5.91 Å². The van der Waals surface area contributed by atoms with Gasteiger partial charge in [0, 0.05) is 10.7 Å². The van der Waals surface area contributed by atoms with Gasteiger partial charge in [-0.1, -0.05) is 29.8 Å². The van der Waals surface area contributed by atoms with E-state index in [9.17, 15) is 14.4 Å². The van der Waals surface area contributed by atoms with E-state index in [-0.39, 0.29) is 6.42 Å². The highest BCUT2D eigenvalue weighted by Crippen LogP contribution is 2.20. The van der Waals surface area contributed by atoms with Gasteiger partial charge in [-0.3, -0.25) is 9.59 Å². The number of anilines is 1. The zero-order valence-electron chi connectivity index (χ0n) is 15.6. The Hall–Kier alpha value is -3.06. The zero-order chi connectivity index (χ0) is 20.7. The molecule has 148 valence electrons. The number of nitrogens with two attached hydrogens (primary N) is 1. The number of carbonyl (C=O) groups excluding carboxylic acids is 3. The summed E-state index contributed by atoms with van der Waals surface area (Å²) in [6.07, 6.45) is -0.179. The first-order valence-electron chi connectivity index (χ1n) is 8.58. The van der Waals surface area contributed by atoms with E-state index in [0.717, 1.165) is 11.1 Å². The van der Waals surface area contributed by atoms with E-state index >= 15 is 0 Å². The van der Waals surface area contributed by atoms with Gasteiger partial charge in [0.15, 0.2) is 6.61 Å². The quantitative estimate of drug-likeness (QED) is 0.616. The predicted octanol–water partition coefficient (Wildman–Crippen LogP) is 3.24. The third kappa shape index (κ3) is 6.92. The Bertz CT molecular complexity index is 848. The van der Waals surface area contributed by atoms with E-state index in [4.69, 9.17) is 22.1 Å². The molecule has 0 fully saturated rings. The maximum Gasteiger partial charge on any atom is 0.312 e. The van der Waals surface area contributed by atoms with Gasteiger partial charge in [-0.25, -0.2) is 4.79 Å². The van der Waals surface area contributed by atoms with Crippen LogP contribution >= 0.6 is 11.6 Å². The number of nitrogens with one attached hydrogen (secondary N) is 2. The van der Waals surface area contributed by atoms with Crippen molar-refractivity contribution in [2.24, 2.45) is 5.73 Å². The first-order valence-corrected chi connectivity index (χ1v) is 8.96. The molecule has 0 saturated carbocycles. The van der Waals surface area contributed by atoms with Crippen molar-refractivity contribution in [3.63, 3.8) is 0 Å². The fourth-order valence-electron chi connectivity index (χ4n) is 2.73. The normalized spacial score (nSPS) is 11.4. The maximum absolute atomic E-state index is 12.1. The smallest absolute Gasteiger partial charge is 0.312 e. The molecule has 2 aromatic rings. The molecular weight excluding hydrogens is 382 g/mol. The molecule has 8 heteroatoms. The van der Waals surface area contributed by atoms with Crippen LogP contribution in [0.15, 0.2) is 42.5 Å². The number of carbonyl (C=O) groups is 3. The van der Waals surface area contributed by atoms with Crippen LogP contribution in [0.4, 0.5) is 10.5 Å². The van der Waals surface area contributed by atoms with Crippen molar-refractivity contribution in [2.75, 3.05) is 11.9 Å². The number of rotatable bonds is 7. The van der Waals surface area contributed by atoms with Crippen molar-refractivity contribution < 1.29 is 19.1 Å². The Labute approximate surface area is 168 Å². The van der Waals surface area contributed by atoms with E-state index in [2.05, 4.69) is 10.6 Å². The third-order valence-corrected chi connectivity index (χ3v) is 4.08. The molecule has 28 heavy (non-hydrogen) atoms. The van der Waals surface area contributed by atoms with Crippen molar-refractivity contribution in [1.29, 1.82) is 0 Å². The Morgan fingerprint density at radius 2 is 1.68 bits per heavy atom. The van der Waals surface area contributed by atoms with Gasteiger partial charge in [-0.15, -0.1) is 0 Å². The Morgan fingerprint density at radius 3 is 2.25 bits per heavy atom. The van der Waals surface area contributed by atoms with Crippen molar-refractivity contribution in [2.45, 2.75) is 26.3 Å². The second kappa shape index (κ2) is 9.75. The molecule has 0 unspecified atom stereocenters. The zero-order valence-corrected chi connectivity index (χ0v) is 16.4. The van der Waals surface area contributed by atoms with Gasteiger partial charge in [0.1, 0.15) is 0 Å². The number of amides is 3. The lowest BCUT2D eigenvalue weighted by Crippen LogP contribution is -2.35. The largest absolute Gasteiger partial charge is 0.455 e. The van der Waals surface area contributed by atoms with Crippen molar-refractivity contribution in [3.8, 4) is 0 Å². The molecule has 2 rings (SSSR count). The Morgan fingerprint density at radius 1 is 1.07 bits per heavy atom. The molecule has 0 saturated heterocycles. The van der Waals surface area contributed by atoms with Crippen LogP contribution < -0.4 is 16.4 Å². The molecule has 0 aliphatic rings. The van der Waals surface area contributed by atoms with Crippen LogP contribution in [-0.2, 0) is 14.3 Å². The lowest BCUT2D eigenvalue weighted by Gasteiger charge is -2.17. The molecule has 1 atom stereocenters. The number of hydrogen-bond acceptors (Lipinski definition) is 4. The average molecular weight is 404 g/mol. The summed E-state index contributed by atoms with van der Waals surface area (Å²) in [4.78, 5) is 35.4. The van der Waals surface area contributed by atoms with Gasteiger partial charge in [-0.2, -0.15) is 0 Å². The van der Waals surface area contributed by atoms with Crippen LogP contribution in [0.25, 0.3) is 0 Å². The number of ether oxygens (including phenoxy) is 1. The fraction of sp³-hybridized carbons (Fsp3) is 0.250. The first kappa shape index (κ1) is 21.2. The summed E-state index contributed by atoms with van der Waals surface area (Å²) in [6.45, 7) is 3.41. The van der Waals surface area contributed by atoms with Gasteiger partial charge < -0.3 is 21.1 Å². The molecule has 0 bridgehead atoms. The fourth-order valence-corrected chi connectivity index (χ4v) is 2.86. The summed E-state index contributed by atoms with van der Waals surface area (Å²) in [7, 11) is 0. The monoisotopic (exact) mass is 403 g/mol. The van der Waals surface area contributed by atoms with Gasteiger partial charge >= 0.3 is 12.0 Å². The molecular formula is C20H22ClN3O4. The van der Waals surface area contributed by atoms with Crippen LogP contribution in [0, 0.1) is 13.8 Å². The molecule has 0 aromatic heterocycles. The van der Waals surface area contributed by atoms with Crippen LogP contribution in [0.3, 0.4) is 0 Å². The van der Waals surface area contributed by atoms with E-state index in [0.29, 0.717) is 16.3 Å². The molecule has 0 radical (unpaired) electrons. The molecule has 0 aliphatic heterocycles. The molecule has 3 amide bonds. The minimum atomic E-state index is -0.777. The third-order valence-electron chi connectivity index (χ3n) is 3.83. The molecule has 4 N–H and O–H groups in total. The SMILES string of the molecule is Cc1cc(C)cc(NC(=O)COC(=O)C[C@H](NC(N)=O)c2ccc(Cl)cc2)c1. The molecule has 2 aromatic carbocycles. The Kier molecular flexibility index (Phi) is 7.40. The number of esters is 1. The maximum atomic E-state index is 12.1. The summed E-state index contributed by atoms with van der Waals surface area (Å²) in [6, 6.07) is 10.8. The van der Waals surface area contributed by atoms with E-state index in [1.807, 2.05) is 32.0 Å². The van der Waals surface area contributed by atoms with Gasteiger partial charge in [0.05, 0.1) is 12.5 Å². The van der Waals surface area contributed by atoms with Crippen LogP contribution in [0.2, 0.25) is 5.02 Å². The van der Waals surface area contributed by atoms with Gasteiger partial charge in [0.2, 0.25) is 0 Å². The highest BCUT2D eigenvalue weighted by molar-refractivity contribution is 6.30.